The predicted octanol–water partition coefficient (Wildman–Crippen LogP) is 2.45. The van der Waals surface area contributed by atoms with Gasteiger partial charge in [0.2, 0.25) is 5.91 Å². The predicted molar refractivity (Wildman–Crippen MR) is 95.6 cm³/mol. The maximum Gasteiger partial charge on any atom is 0.254 e. The number of halogens is 1. The second kappa shape index (κ2) is 8.12. The number of amides is 2. The number of likely N-dealkylation sites (tertiary alicyclic amines) is 1. The van der Waals surface area contributed by atoms with Gasteiger partial charge in [0, 0.05) is 26.1 Å². The van der Waals surface area contributed by atoms with Crippen LogP contribution in [0.3, 0.4) is 0 Å². The van der Waals surface area contributed by atoms with Gasteiger partial charge in [-0.05, 0) is 44.0 Å². The third kappa shape index (κ3) is 4.09. The molecule has 1 aliphatic rings. The maximum absolute atomic E-state index is 13.1. The molecule has 0 saturated carbocycles. The number of hydrogen-bond donors (Lipinski definition) is 1. The molecule has 1 fully saturated rings. The molecule has 1 aromatic carbocycles. The van der Waals surface area contributed by atoms with Crippen LogP contribution in [0, 0.1) is 12.7 Å². The first kappa shape index (κ1) is 18.1. The minimum atomic E-state index is -0.320. The maximum atomic E-state index is 13.1. The van der Waals surface area contributed by atoms with Crippen molar-refractivity contribution in [1.82, 2.24) is 20.0 Å². The summed E-state index contributed by atoms with van der Waals surface area (Å²) >= 11 is 0. The van der Waals surface area contributed by atoms with Crippen LogP contribution in [0.2, 0.25) is 0 Å². The van der Waals surface area contributed by atoms with Crippen molar-refractivity contribution in [2.45, 2.75) is 32.6 Å². The Bertz CT molecular complexity index is 785. The lowest BCUT2D eigenvalue weighted by atomic mass is 10.2. The van der Waals surface area contributed by atoms with E-state index in [2.05, 4.69) is 10.4 Å². The highest BCUT2D eigenvalue weighted by molar-refractivity contribution is 5.95. The van der Waals surface area contributed by atoms with E-state index in [1.54, 1.807) is 23.7 Å². The van der Waals surface area contributed by atoms with Gasteiger partial charge in [-0.3, -0.25) is 9.59 Å². The molecule has 0 radical (unpaired) electrons. The van der Waals surface area contributed by atoms with Crippen LogP contribution in [-0.2, 0) is 4.79 Å². The van der Waals surface area contributed by atoms with Gasteiger partial charge < -0.3 is 10.2 Å². The SMILES string of the molecule is Cc1c(C(=O)NCCN2CCCCCC2=O)cnn1-c1ccc(F)cc1. The second-order valence-corrected chi connectivity index (χ2v) is 6.48. The molecule has 1 saturated heterocycles. The number of rotatable bonds is 5. The molecule has 0 spiro atoms. The van der Waals surface area contributed by atoms with Crippen molar-refractivity contribution in [1.29, 1.82) is 0 Å². The van der Waals surface area contributed by atoms with E-state index in [4.69, 9.17) is 0 Å². The number of nitrogens with zero attached hydrogens (tertiary/aromatic N) is 3. The van der Waals surface area contributed by atoms with Gasteiger partial charge in [0.25, 0.3) is 5.91 Å². The molecular formula is C19H23FN4O2. The molecule has 0 unspecified atom stereocenters. The molecule has 3 rings (SSSR count). The smallest absolute Gasteiger partial charge is 0.254 e. The van der Waals surface area contributed by atoms with E-state index >= 15 is 0 Å². The summed E-state index contributed by atoms with van der Waals surface area (Å²) in [6.07, 6.45) is 5.14. The average Bonchev–Trinajstić information content (AvgIpc) is 2.89. The van der Waals surface area contributed by atoms with Gasteiger partial charge in [0.15, 0.2) is 0 Å². The monoisotopic (exact) mass is 358 g/mol. The first-order chi connectivity index (χ1) is 12.6. The van der Waals surface area contributed by atoms with Crippen molar-refractivity contribution in [3.05, 3.63) is 47.5 Å². The van der Waals surface area contributed by atoms with Crippen LogP contribution in [0.5, 0.6) is 0 Å². The molecule has 0 atom stereocenters. The van der Waals surface area contributed by atoms with Crippen molar-refractivity contribution in [3.8, 4) is 5.69 Å². The van der Waals surface area contributed by atoms with Gasteiger partial charge in [-0.25, -0.2) is 9.07 Å². The summed E-state index contributed by atoms with van der Waals surface area (Å²) in [6.45, 7) is 3.49. The van der Waals surface area contributed by atoms with Crippen molar-refractivity contribution in [2.75, 3.05) is 19.6 Å². The van der Waals surface area contributed by atoms with E-state index in [0.29, 0.717) is 36.5 Å². The van der Waals surface area contributed by atoms with E-state index in [-0.39, 0.29) is 17.6 Å². The molecule has 26 heavy (non-hydrogen) atoms. The van der Waals surface area contributed by atoms with E-state index in [1.165, 1.54) is 18.3 Å². The molecular weight excluding hydrogens is 335 g/mol. The molecule has 1 aliphatic heterocycles. The molecule has 7 heteroatoms. The third-order valence-electron chi connectivity index (χ3n) is 4.66. The normalized spacial score (nSPS) is 15.0. The summed E-state index contributed by atoms with van der Waals surface area (Å²) in [4.78, 5) is 26.2. The molecule has 2 heterocycles. The molecule has 2 aromatic rings. The number of nitrogens with one attached hydrogen (secondary N) is 1. The number of benzene rings is 1. The molecule has 0 aliphatic carbocycles. The van der Waals surface area contributed by atoms with E-state index < -0.39 is 0 Å². The van der Waals surface area contributed by atoms with Crippen molar-refractivity contribution >= 4 is 11.8 Å². The van der Waals surface area contributed by atoms with Gasteiger partial charge in [-0.2, -0.15) is 5.10 Å². The van der Waals surface area contributed by atoms with Crippen LogP contribution in [0.1, 0.15) is 41.7 Å². The quantitative estimate of drug-likeness (QED) is 0.893. The van der Waals surface area contributed by atoms with Crippen LogP contribution in [0.25, 0.3) is 5.69 Å². The van der Waals surface area contributed by atoms with Crippen molar-refractivity contribution < 1.29 is 14.0 Å². The lowest BCUT2D eigenvalue weighted by molar-refractivity contribution is -0.130. The lowest BCUT2D eigenvalue weighted by Gasteiger charge is -2.20. The highest BCUT2D eigenvalue weighted by Gasteiger charge is 2.18. The molecule has 2 amide bonds. The van der Waals surface area contributed by atoms with Crippen LogP contribution in [0.15, 0.2) is 30.5 Å². The number of aromatic nitrogens is 2. The Morgan fingerprint density at radius 3 is 2.77 bits per heavy atom. The van der Waals surface area contributed by atoms with Crippen LogP contribution in [-0.4, -0.2) is 46.1 Å². The number of hydrogen-bond acceptors (Lipinski definition) is 3. The van der Waals surface area contributed by atoms with Gasteiger partial charge in [0.1, 0.15) is 5.82 Å². The summed E-state index contributed by atoms with van der Waals surface area (Å²) in [6, 6.07) is 5.94. The zero-order chi connectivity index (χ0) is 18.5. The standard InChI is InChI=1S/C19H23FN4O2/c1-14-17(13-22-24(14)16-8-6-15(20)7-9-16)19(26)21-10-12-23-11-4-2-3-5-18(23)25/h6-9,13H,2-5,10-12H2,1H3,(H,21,26). The zero-order valence-corrected chi connectivity index (χ0v) is 14.9. The lowest BCUT2D eigenvalue weighted by Crippen LogP contribution is -2.38. The molecule has 6 nitrogen and oxygen atoms in total. The third-order valence-corrected chi connectivity index (χ3v) is 4.66. The molecule has 138 valence electrons. The average molecular weight is 358 g/mol. The second-order valence-electron chi connectivity index (χ2n) is 6.48. The minimum absolute atomic E-state index is 0.164. The minimum Gasteiger partial charge on any atom is -0.350 e. The van der Waals surface area contributed by atoms with Crippen LogP contribution in [0.4, 0.5) is 4.39 Å². The molecule has 1 N–H and O–H groups in total. The summed E-state index contributed by atoms with van der Waals surface area (Å²) in [7, 11) is 0. The van der Waals surface area contributed by atoms with Crippen molar-refractivity contribution in [2.24, 2.45) is 0 Å². The topological polar surface area (TPSA) is 67.2 Å². The van der Waals surface area contributed by atoms with Gasteiger partial charge in [0.05, 0.1) is 23.1 Å². The Hall–Kier alpha value is -2.70. The number of carbonyl (C=O) groups excluding carboxylic acids is 2. The largest absolute Gasteiger partial charge is 0.350 e. The summed E-state index contributed by atoms with van der Waals surface area (Å²) in [5.41, 5.74) is 1.84. The van der Waals surface area contributed by atoms with E-state index in [9.17, 15) is 14.0 Å². The van der Waals surface area contributed by atoms with E-state index in [1.807, 2.05) is 4.90 Å². The van der Waals surface area contributed by atoms with Crippen LogP contribution >= 0.6 is 0 Å². The fourth-order valence-electron chi connectivity index (χ4n) is 3.15. The zero-order valence-electron chi connectivity index (χ0n) is 14.9. The van der Waals surface area contributed by atoms with E-state index in [0.717, 1.165) is 25.8 Å². The first-order valence-electron chi connectivity index (χ1n) is 8.93. The van der Waals surface area contributed by atoms with Gasteiger partial charge >= 0.3 is 0 Å². The van der Waals surface area contributed by atoms with Gasteiger partial charge in [-0.15, -0.1) is 0 Å². The fraction of sp³-hybridized carbons (Fsp3) is 0.421. The summed E-state index contributed by atoms with van der Waals surface area (Å²) < 4.78 is 14.7. The fourth-order valence-corrected chi connectivity index (χ4v) is 3.15. The van der Waals surface area contributed by atoms with Crippen LogP contribution < -0.4 is 5.32 Å². The molecule has 1 aromatic heterocycles. The highest BCUT2D eigenvalue weighted by Crippen LogP contribution is 2.15. The Balaban J connectivity index is 1.60. The Morgan fingerprint density at radius 1 is 1.23 bits per heavy atom. The number of carbonyl (C=O) groups is 2. The summed E-state index contributed by atoms with van der Waals surface area (Å²) in [5, 5.41) is 7.08. The Morgan fingerprint density at radius 2 is 2.00 bits per heavy atom. The first-order valence-corrected chi connectivity index (χ1v) is 8.93. The van der Waals surface area contributed by atoms with Gasteiger partial charge in [-0.1, -0.05) is 6.42 Å². The Kier molecular flexibility index (Phi) is 5.65. The Labute approximate surface area is 152 Å². The highest BCUT2D eigenvalue weighted by atomic mass is 19.1. The molecule has 0 bridgehead atoms. The summed E-state index contributed by atoms with van der Waals surface area (Å²) in [5.74, 6) is -0.380. The van der Waals surface area contributed by atoms with Crippen molar-refractivity contribution in [3.63, 3.8) is 0 Å².